The third-order valence-electron chi connectivity index (χ3n) is 6.16. The van der Waals surface area contributed by atoms with E-state index >= 15 is 0 Å². The quantitative estimate of drug-likeness (QED) is 0.288. The van der Waals surface area contributed by atoms with Crippen LogP contribution in [0, 0.1) is 0 Å². The number of hydrogen-bond acceptors (Lipinski definition) is 2. The smallest absolute Gasteiger partial charge is 0.195 e. The van der Waals surface area contributed by atoms with E-state index in [1.165, 1.54) is 0 Å². The lowest BCUT2D eigenvalue weighted by molar-refractivity contribution is 0.103. The number of fused-ring (bicyclic) bond motifs is 1. The van der Waals surface area contributed by atoms with Gasteiger partial charge in [0.1, 0.15) is 0 Å². The molecule has 33 heavy (non-hydrogen) atoms. The van der Waals surface area contributed by atoms with Crippen molar-refractivity contribution in [2.24, 2.45) is 0 Å². The lowest BCUT2D eigenvalue weighted by Crippen LogP contribution is -2.10. The number of aryl methyl sites for hydroxylation is 2. The molecular formula is C30H26N2O. The summed E-state index contributed by atoms with van der Waals surface area (Å²) < 4.78 is 0. The number of aromatic nitrogens is 2. The van der Waals surface area contributed by atoms with Crippen LogP contribution in [0.5, 0.6) is 0 Å². The van der Waals surface area contributed by atoms with Gasteiger partial charge in [-0.1, -0.05) is 105 Å². The Bertz CT molecular complexity index is 1420. The fraction of sp³-hybridized carbons (Fsp3) is 0.133. The highest BCUT2D eigenvalue weighted by Gasteiger charge is 2.26. The summed E-state index contributed by atoms with van der Waals surface area (Å²) in [4.78, 5) is 22.7. The van der Waals surface area contributed by atoms with Gasteiger partial charge in [-0.05, 0) is 18.4 Å². The molecule has 0 aliphatic carbocycles. The Morgan fingerprint density at radius 3 is 1.91 bits per heavy atom. The average molecular weight is 431 g/mol. The molecule has 0 saturated carbocycles. The van der Waals surface area contributed by atoms with Crippen molar-refractivity contribution in [3.63, 3.8) is 0 Å². The maximum atomic E-state index is 13.9. The van der Waals surface area contributed by atoms with Crippen LogP contribution in [0.3, 0.4) is 0 Å². The Balaban J connectivity index is 1.92. The third-order valence-corrected chi connectivity index (χ3v) is 6.16. The van der Waals surface area contributed by atoms with Gasteiger partial charge in [0.05, 0.1) is 22.5 Å². The predicted octanol–water partition coefficient (Wildman–Crippen LogP) is 7.25. The molecule has 0 aliphatic heterocycles. The Morgan fingerprint density at radius 1 is 0.758 bits per heavy atom. The first-order chi connectivity index (χ1) is 16.2. The van der Waals surface area contributed by atoms with Gasteiger partial charge in [0.25, 0.3) is 0 Å². The van der Waals surface area contributed by atoms with E-state index in [0.717, 1.165) is 51.1 Å². The monoisotopic (exact) mass is 430 g/mol. The summed E-state index contributed by atoms with van der Waals surface area (Å²) in [6.45, 7) is 4.21. The predicted molar refractivity (Wildman–Crippen MR) is 136 cm³/mol. The van der Waals surface area contributed by atoms with Crippen LogP contribution in [-0.4, -0.2) is 15.8 Å². The second-order valence-corrected chi connectivity index (χ2v) is 8.14. The van der Waals surface area contributed by atoms with Crippen LogP contribution in [0.25, 0.3) is 33.3 Å². The van der Waals surface area contributed by atoms with Crippen LogP contribution in [-0.2, 0) is 12.8 Å². The molecule has 2 heterocycles. The molecule has 0 unspecified atom stereocenters. The first-order valence-electron chi connectivity index (χ1n) is 11.5. The summed E-state index contributed by atoms with van der Waals surface area (Å²) >= 11 is 0. The third kappa shape index (κ3) is 3.66. The Morgan fingerprint density at radius 2 is 1.33 bits per heavy atom. The van der Waals surface area contributed by atoms with Crippen molar-refractivity contribution < 1.29 is 4.79 Å². The van der Waals surface area contributed by atoms with Crippen molar-refractivity contribution in [2.45, 2.75) is 26.7 Å². The number of nitrogens with one attached hydrogen (secondary N) is 1. The molecule has 0 saturated heterocycles. The van der Waals surface area contributed by atoms with Crippen molar-refractivity contribution in [1.29, 1.82) is 0 Å². The van der Waals surface area contributed by atoms with Crippen molar-refractivity contribution >= 4 is 16.7 Å². The normalized spacial score (nSPS) is 11.1. The summed E-state index contributed by atoms with van der Waals surface area (Å²) in [6, 6.07) is 30.1. The molecule has 5 rings (SSSR count). The van der Waals surface area contributed by atoms with E-state index in [4.69, 9.17) is 4.98 Å². The van der Waals surface area contributed by atoms with Crippen LogP contribution >= 0.6 is 0 Å². The maximum Gasteiger partial charge on any atom is 0.195 e. The first kappa shape index (κ1) is 20.9. The zero-order valence-corrected chi connectivity index (χ0v) is 18.9. The number of H-pyrrole nitrogens is 1. The second-order valence-electron chi connectivity index (χ2n) is 8.14. The molecule has 0 spiro atoms. The van der Waals surface area contributed by atoms with Gasteiger partial charge in [0.15, 0.2) is 5.78 Å². The number of aromatic amines is 1. The number of rotatable bonds is 6. The molecule has 162 valence electrons. The SMILES string of the molecule is CCc1nc2c(-c3ccccc3)[nH]c(CC)c2c(-c2ccccc2)c1C(=O)c1ccccc1. The van der Waals surface area contributed by atoms with E-state index in [1.54, 1.807) is 0 Å². The average Bonchev–Trinajstić information content (AvgIpc) is 3.27. The van der Waals surface area contributed by atoms with E-state index in [1.807, 2.05) is 66.7 Å². The summed E-state index contributed by atoms with van der Waals surface area (Å²) in [5.74, 6) is 0.0187. The largest absolute Gasteiger partial charge is 0.356 e. The number of carbonyl (C=O) groups excluding carboxylic acids is 1. The summed E-state index contributed by atoms with van der Waals surface area (Å²) in [5, 5.41) is 1.04. The topological polar surface area (TPSA) is 45.8 Å². The number of nitrogens with zero attached hydrogens (tertiary/aromatic N) is 1. The fourth-order valence-electron chi connectivity index (χ4n) is 4.59. The van der Waals surface area contributed by atoms with Crippen molar-refractivity contribution in [3.8, 4) is 22.4 Å². The molecule has 1 N–H and O–H groups in total. The van der Waals surface area contributed by atoms with Gasteiger partial charge in [-0.15, -0.1) is 0 Å². The lowest BCUT2D eigenvalue weighted by Gasteiger charge is -2.16. The highest BCUT2D eigenvalue weighted by Crippen LogP contribution is 2.40. The summed E-state index contributed by atoms with van der Waals surface area (Å²) in [6.07, 6.45) is 1.49. The number of pyridine rings is 1. The number of hydrogen-bond donors (Lipinski definition) is 1. The minimum atomic E-state index is 0.0187. The molecule has 3 nitrogen and oxygen atoms in total. The molecule has 3 heteroatoms. The van der Waals surface area contributed by atoms with E-state index in [9.17, 15) is 4.79 Å². The van der Waals surface area contributed by atoms with Crippen LogP contribution < -0.4 is 0 Å². The molecule has 0 fully saturated rings. The van der Waals surface area contributed by atoms with Crippen LogP contribution in [0.1, 0.15) is 41.2 Å². The van der Waals surface area contributed by atoms with Gasteiger partial charge in [0, 0.05) is 27.8 Å². The van der Waals surface area contributed by atoms with Crippen LogP contribution in [0.4, 0.5) is 0 Å². The maximum absolute atomic E-state index is 13.9. The second kappa shape index (κ2) is 8.87. The lowest BCUT2D eigenvalue weighted by atomic mass is 9.88. The van der Waals surface area contributed by atoms with Gasteiger partial charge in [-0.3, -0.25) is 4.79 Å². The number of benzene rings is 3. The zero-order chi connectivity index (χ0) is 22.8. The van der Waals surface area contributed by atoms with Gasteiger partial charge in [-0.25, -0.2) is 4.98 Å². The molecule has 5 aromatic rings. The minimum Gasteiger partial charge on any atom is -0.356 e. The molecular weight excluding hydrogens is 404 g/mol. The molecule has 0 amide bonds. The molecule has 2 aromatic heterocycles. The Kier molecular flexibility index (Phi) is 5.62. The minimum absolute atomic E-state index is 0.0187. The number of carbonyl (C=O) groups is 1. The van der Waals surface area contributed by atoms with Gasteiger partial charge < -0.3 is 4.98 Å². The van der Waals surface area contributed by atoms with Gasteiger partial charge in [-0.2, -0.15) is 0 Å². The van der Waals surface area contributed by atoms with E-state index in [2.05, 4.69) is 43.1 Å². The van der Waals surface area contributed by atoms with Crippen LogP contribution in [0.2, 0.25) is 0 Å². The van der Waals surface area contributed by atoms with Gasteiger partial charge >= 0.3 is 0 Å². The first-order valence-corrected chi connectivity index (χ1v) is 11.5. The molecule has 0 atom stereocenters. The van der Waals surface area contributed by atoms with Gasteiger partial charge in [0.2, 0.25) is 0 Å². The zero-order valence-electron chi connectivity index (χ0n) is 18.9. The molecule has 0 radical (unpaired) electrons. The Hall–Kier alpha value is -3.98. The summed E-state index contributed by atoms with van der Waals surface area (Å²) in [7, 11) is 0. The fourth-order valence-corrected chi connectivity index (χ4v) is 4.59. The van der Waals surface area contributed by atoms with Crippen LogP contribution in [0.15, 0.2) is 91.0 Å². The Labute approximate surface area is 194 Å². The number of ketones is 1. The molecule has 0 aliphatic rings. The highest BCUT2D eigenvalue weighted by atomic mass is 16.1. The summed E-state index contributed by atoms with van der Waals surface area (Å²) in [5.41, 5.74) is 8.35. The van der Waals surface area contributed by atoms with Crippen molar-refractivity contribution in [2.75, 3.05) is 0 Å². The highest BCUT2D eigenvalue weighted by molar-refractivity contribution is 6.19. The molecule has 0 bridgehead atoms. The van der Waals surface area contributed by atoms with Crippen molar-refractivity contribution in [3.05, 3.63) is 114 Å². The van der Waals surface area contributed by atoms with E-state index in [0.29, 0.717) is 17.5 Å². The molecule has 3 aromatic carbocycles. The standard InChI is InChI=1S/C30H26N2O/c1-3-23-26-25(20-14-8-5-9-15-20)27(30(33)22-18-12-7-13-19-22)24(4-2)32-29(26)28(31-23)21-16-10-6-11-17-21/h5-19,31H,3-4H2,1-2H3. The van der Waals surface area contributed by atoms with E-state index in [-0.39, 0.29) is 5.78 Å². The van der Waals surface area contributed by atoms with Crippen molar-refractivity contribution in [1.82, 2.24) is 9.97 Å². The van der Waals surface area contributed by atoms with E-state index < -0.39 is 0 Å².